The third kappa shape index (κ3) is 3.56. The zero-order chi connectivity index (χ0) is 20.7. The highest BCUT2D eigenvalue weighted by Gasteiger charge is 2.30. The second-order valence-corrected chi connectivity index (χ2v) is 7.88. The molecule has 0 spiro atoms. The number of hydrogen-bond donors (Lipinski definition) is 3. The van der Waals surface area contributed by atoms with Gasteiger partial charge in [-0.1, -0.05) is 11.2 Å². The third-order valence-corrected chi connectivity index (χ3v) is 5.58. The summed E-state index contributed by atoms with van der Waals surface area (Å²) >= 11 is 0. The molecule has 4 heterocycles. The van der Waals surface area contributed by atoms with Crippen LogP contribution in [0.3, 0.4) is 0 Å². The van der Waals surface area contributed by atoms with Crippen LogP contribution in [0.15, 0.2) is 33.8 Å². The van der Waals surface area contributed by atoms with Gasteiger partial charge in [0.1, 0.15) is 5.69 Å². The predicted molar refractivity (Wildman–Crippen MR) is 111 cm³/mol. The number of amides is 1. The van der Waals surface area contributed by atoms with Crippen LogP contribution in [0.2, 0.25) is 0 Å². The molecule has 2 aliphatic heterocycles. The van der Waals surface area contributed by atoms with E-state index in [9.17, 15) is 4.79 Å². The lowest BCUT2D eigenvalue weighted by atomic mass is 10.0. The zero-order valence-electron chi connectivity index (χ0n) is 16.9. The van der Waals surface area contributed by atoms with E-state index in [1.807, 2.05) is 25.1 Å². The Morgan fingerprint density at radius 2 is 2.23 bits per heavy atom. The number of nitrogens with one attached hydrogen (secondary N) is 3. The minimum Gasteiger partial charge on any atom is -0.376 e. The summed E-state index contributed by atoms with van der Waals surface area (Å²) in [7, 11) is 0. The highest BCUT2D eigenvalue weighted by atomic mass is 16.5. The quantitative estimate of drug-likeness (QED) is 0.596. The zero-order valence-corrected chi connectivity index (χ0v) is 16.9. The Labute approximate surface area is 173 Å². The van der Waals surface area contributed by atoms with E-state index in [2.05, 4.69) is 36.8 Å². The van der Waals surface area contributed by atoms with Crippen LogP contribution < -0.4 is 10.6 Å². The van der Waals surface area contributed by atoms with E-state index in [0.717, 1.165) is 41.6 Å². The van der Waals surface area contributed by atoms with Gasteiger partial charge >= 0.3 is 0 Å². The number of rotatable bonds is 5. The number of fused-ring (bicyclic) bond motifs is 1. The summed E-state index contributed by atoms with van der Waals surface area (Å²) < 4.78 is 10.8. The van der Waals surface area contributed by atoms with Gasteiger partial charge in [-0.05, 0) is 50.5 Å². The number of hydrogen-bond acceptors (Lipinski definition) is 7. The first-order chi connectivity index (χ1) is 14.6. The summed E-state index contributed by atoms with van der Waals surface area (Å²) in [4.78, 5) is 24.7. The van der Waals surface area contributed by atoms with Crippen molar-refractivity contribution in [1.29, 1.82) is 0 Å². The molecule has 9 heteroatoms. The van der Waals surface area contributed by atoms with Crippen molar-refractivity contribution in [1.82, 2.24) is 25.8 Å². The molecule has 1 saturated heterocycles. The Balaban J connectivity index is 1.34. The van der Waals surface area contributed by atoms with Crippen molar-refractivity contribution in [3.63, 3.8) is 0 Å². The van der Waals surface area contributed by atoms with Gasteiger partial charge in [0, 0.05) is 24.1 Å². The molecule has 0 saturated carbocycles. The first-order valence-corrected chi connectivity index (χ1v) is 10.2. The molecule has 1 fully saturated rings. The Bertz CT molecular complexity index is 1110. The fourth-order valence-corrected chi connectivity index (χ4v) is 4.02. The standard InChI is InChI=1S/C21H24N6O3/c1-11-18(26-19(23-11)20(28)22-10-15-4-3-7-29-15)13-5-6-16-14(8-13)9-17(25-16)21-24-12(2)27-30-21/h5-6,8-9,11,15,18,25H,3-4,7,10H2,1-2H3,(H,22,28)(H,23,26)/t11?,15-,18?/m1/s1. The van der Waals surface area contributed by atoms with Crippen LogP contribution in [0.4, 0.5) is 0 Å². The fraction of sp³-hybridized carbons (Fsp3) is 0.429. The summed E-state index contributed by atoms with van der Waals surface area (Å²) in [5.74, 6) is 1.25. The first-order valence-electron chi connectivity index (χ1n) is 10.2. The number of H-pyrrole nitrogens is 1. The minimum absolute atomic E-state index is 0.0166. The third-order valence-electron chi connectivity index (χ3n) is 5.58. The second kappa shape index (κ2) is 7.56. The molecule has 1 aromatic carbocycles. The number of aromatic nitrogens is 3. The number of aryl methyl sites for hydroxylation is 1. The van der Waals surface area contributed by atoms with Crippen molar-refractivity contribution in [2.24, 2.45) is 4.99 Å². The number of nitrogens with zero attached hydrogens (tertiary/aromatic N) is 3. The largest absolute Gasteiger partial charge is 0.376 e. The smallest absolute Gasteiger partial charge is 0.286 e. The lowest BCUT2D eigenvalue weighted by molar-refractivity contribution is -0.115. The van der Waals surface area contributed by atoms with E-state index in [4.69, 9.17) is 9.26 Å². The van der Waals surface area contributed by atoms with E-state index in [0.29, 0.717) is 24.1 Å². The number of ether oxygens (including phenoxy) is 1. The lowest BCUT2D eigenvalue weighted by Gasteiger charge is -2.14. The van der Waals surface area contributed by atoms with E-state index in [-0.39, 0.29) is 24.1 Å². The molecule has 2 unspecified atom stereocenters. The van der Waals surface area contributed by atoms with E-state index in [1.54, 1.807) is 6.92 Å². The van der Waals surface area contributed by atoms with Crippen LogP contribution in [-0.4, -0.2) is 52.2 Å². The molecule has 2 aliphatic rings. The topological polar surface area (TPSA) is 117 Å². The van der Waals surface area contributed by atoms with Crippen LogP contribution in [0, 0.1) is 6.92 Å². The van der Waals surface area contributed by atoms with Crippen molar-refractivity contribution < 1.29 is 14.1 Å². The number of carbonyl (C=O) groups is 1. The number of aliphatic imine (C=N–C) groups is 1. The molecule has 3 N–H and O–H groups in total. The van der Waals surface area contributed by atoms with E-state index >= 15 is 0 Å². The molecular weight excluding hydrogens is 384 g/mol. The van der Waals surface area contributed by atoms with Gasteiger partial charge in [0.05, 0.1) is 18.2 Å². The van der Waals surface area contributed by atoms with Gasteiger partial charge in [-0.15, -0.1) is 0 Å². The molecular formula is C21H24N6O3. The van der Waals surface area contributed by atoms with Crippen LogP contribution in [-0.2, 0) is 9.53 Å². The molecule has 0 radical (unpaired) electrons. The van der Waals surface area contributed by atoms with Gasteiger partial charge in [-0.25, -0.2) is 0 Å². The SMILES string of the molecule is Cc1noc(-c2cc3cc(C4N=C(C(=O)NC[C@H]5CCCO5)NC4C)ccc3[nH]2)n1. The van der Waals surface area contributed by atoms with Gasteiger partial charge in [-0.3, -0.25) is 9.79 Å². The highest BCUT2D eigenvalue weighted by Crippen LogP contribution is 2.30. The monoisotopic (exact) mass is 408 g/mol. The lowest BCUT2D eigenvalue weighted by Crippen LogP contribution is -2.42. The summed E-state index contributed by atoms with van der Waals surface area (Å²) in [5.41, 5.74) is 2.79. The second-order valence-electron chi connectivity index (χ2n) is 7.88. The van der Waals surface area contributed by atoms with Gasteiger partial charge in [-0.2, -0.15) is 4.98 Å². The maximum absolute atomic E-state index is 12.5. The first kappa shape index (κ1) is 18.8. The average molecular weight is 408 g/mol. The molecule has 0 aliphatic carbocycles. The fourth-order valence-electron chi connectivity index (χ4n) is 4.02. The summed E-state index contributed by atoms with van der Waals surface area (Å²) in [5, 5.41) is 11.0. The van der Waals surface area contributed by atoms with Gasteiger partial charge < -0.3 is 24.9 Å². The van der Waals surface area contributed by atoms with Crippen molar-refractivity contribution >= 4 is 22.6 Å². The molecule has 3 atom stereocenters. The molecule has 1 amide bonds. The highest BCUT2D eigenvalue weighted by molar-refractivity contribution is 6.38. The van der Waals surface area contributed by atoms with Gasteiger partial charge in [0.2, 0.25) is 0 Å². The number of benzene rings is 1. The van der Waals surface area contributed by atoms with Crippen LogP contribution in [0.25, 0.3) is 22.5 Å². The molecule has 3 aromatic rings. The van der Waals surface area contributed by atoms with Crippen molar-refractivity contribution in [3.05, 3.63) is 35.7 Å². The van der Waals surface area contributed by atoms with Crippen LogP contribution in [0.1, 0.15) is 37.2 Å². The predicted octanol–water partition coefficient (Wildman–Crippen LogP) is 2.25. The maximum Gasteiger partial charge on any atom is 0.286 e. The van der Waals surface area contributed by atoms with Crippen LogP contribution >= 0.6 is 0 Å². The number of carbonyl (C=O) groups excluding carboxylic acids is 1. The van der Waals surface area contributed by atoms with E-state index in [1.165, 1.54) is 0 Å². The van der Waals surface area contributed by atoms with Crippen molar-refractivity contribution in [3.8, 4) is 11.6 Å². The normalized spacial score (nSPS) is 23.5. The van der Waals surface area contributed by atoms with E-state index < -0.39 is 0 Å². The minimum atomic E-state index is -0.184. The Hall–Kier alpha value is -3.20. The summed E-state index contributed by atoms with van der Waals surface area (Å²) in [6.07, 6.45) is 2.15. The Morgan fingerprint density at radius 3 is 3.00 bits per heavy atom. The van der Waals surface area contributed by atoms with Crippen molar-refractivity contribution in [2.45, 2.75) is 44.9 Å². The summed E-state index contributed by atoms with van der Waals surface area (Å²) in [6.45, 7) is 5.11. The van der Waals surface area contributed by atoms with Crippen molar-refractivity contribution in [2.75, 3.05) is 13.2 Å². The average Bonchev–Trinajstić information content (AvgIpc) is 3.51. The molecule has 5 rings (SSSR count). The molecule has 0 bridgehead atoms. The van der Waals surface area contributed by atoms with Gasteiger partial charge in [0.25, 0.3) is 11.8 Å². The van der Waals surface area contributed by atoms with Gasteiger partial charge in [0.15, 0.2) is 11.7 Å². The molecule has 30 heavy (non-hydrogen) atoms. The number of aromatic amines is 1. The molecule has 9 nitrogen and oxygen atoms in total. The molecule has 156 valence electrons. The maximum atomic E-state index is 12.5. The van der Waals surface area contributed by atoms with Crippen LogP contribution in [0.5, 0.6) is 0 Å². The Kier molecular flexibility index (Phi) is 4.74. The molecule has 2 aromatic heterocycles. The number of amidine groups is 1. The summed E-state index contributed by atoms with van der Waals surface area (Å²) in [6, 6.07) is 7.98. The Morgan fingerprint density at radius 1 is 1.33 bits per heavy atom.